The Labute approximate surface area is 189 Å². The van der Waals surface area contributed by atoms with Crippen molar-refractivity contribution >= 4 is 33.6 Å². The minimum absolute atomic E-state index is 0.145. The van der Waals surface area contributed by atoms with E-state index in [1.165, 1.54) is 4.31 Å². The van der Waals surface area contributed by atoms with Crippen molar-refractivity contribution in [1.82, 2.24) is 14.1 Å². The van der Waals surface area contributed by atoms with Gasteiger partial charge in [0, 0.05) is 44.3 Å². The minimum Gasteiger partial charge on any atom is -0.339 e. The van der Waals surface area contributed by atoms with Crippen molar-refractivity contribution < 1.29 is 13.2 Å². The molecule has 0 radical (unpaired) electrons. The van der Waals surface area contributed by atoms with E-state index < -0.39 is 10.0 Å². The van der Waals surface area contributed by atoms with Gasteiger partial charge in [0.25, 0.3) is 0 Å². The lowest BCUT2D eigenvalue weighted by Gasteiger charge is -2.35. The number of halogens is 1. The maximum Gasteiger partial charge on any atom is 0.237 e. The van der Waals surface area contributed by atoms with E-state index in [1.807, 2.05) is 18.2 Å². The van der Waals surface area contributed by atoms with E-state index in [4.69, 9.17) is 11.6 Å². The van der Waals surface area contributed by atoms with Crippen LogP contribution in [0.4, 0.5) is 0 Å². The fourth-order valence-corrected chi connectivity index (χ4v) is 4.27. The highest BCUT2D eigenvalue weighted by atomic mass is 35.5. The van der Waals surface area contributed by atoms with Gasteiger partial charge < -0.3 is 4.90 Å². The van der Waals surface area contributed by atoms with Gasteiger partial charge in [0.1, 0.15) is 0 Å². The number of amides is 1. The molecule has 0 unspecified atom stereocenters. The maximum absolute atomic E-state index is 12.8. The van der Waals surface area contributed by atoms with E-state index >= 15 is 0 Å². The fraction of sp³-hybridized carbons (Fsp3) is 0.348. The van der Waals surface area contributed by atoms with E-state index in [2.05, 4.69) is 29.2 Å². The van der Waals surface area contributed by atoms with Crippen LogP contribution in [-0.4, -0.2) is 74.0 Å². The molecule has 0 aliphatic carbocycles. The Morgan fingerprint density at radius 3 is 2.29 bits per heavy atom. The van der Waals surface area contributed by atoms with Crippen LogP contribution in [0.25, 0.3) is 6.08 Å². The van der Waals surface area contributed by atoms with Crippen molar-refractivity contribution in [3.63, 3.8) is 0 Å². The third-order valence-electron chi connectivity index (χ3n) is 5.25. The number of carbonyl (C=O) groups is 1. The van der Waals surface area contributed by atoms with Gasteiger partial charge in [0.05, 0.1) is 12.8 Å². The van der Waals surface area contributed by atoms with Gasteiger partial charge in [-0.2, -0.15) is 4.31 Å². The van der Waals surface area contributed by atoms with E-state index in [0.29, 0.717) is 18.1 Å². The number of hydrogen-bond acceptors (Lipinski definition) is 4. The summed E-state index contributed by atoms with van der Waals surface area (Å²) in [5.74, 6) is -0.168. The Kier molecular flexibility index (Phi) is 8.26. The zero-order valence-corrected chi connectivity index (χ0v) is 19.2. The summed E-state index contributed by atoms with van der Waals surface area (Å²) in [6.07, 6.45) is 5.36. The first-order valence-electron chi connectivity index (χ1n) is 10.2. The number of sulfonamides is 1. The Bertz CT molecular complexity index is 986. The number of hydrogen-bond donors (Lipinski definition) is 0. The quantitative estimate of drug-likeness (QED) is 0.606. The topological polar surface area (TPSA) is 60.9 Å². The highest BCUT2D eigenvalue weighted by Crippen LogP contribution is 2.14. The molecule has 2 aromatic rings. The van der Waals surface area contributed by atoms with Gasteiger partial charge in [-0.15, -0.1) is 0 Å². The summed E-state index contributed by atoms with van der Waals surface area (Å²) < 4.78 is 25.7. The lowest BCUT2D eigenvalue weighted by atomic mass is 10.2. The zero-order chi connectivity index (χ0) is 22.3. The van der Waals surface area contributed by atoms with Crippen LogP contribution in [0.1, 0.15) is 11.1 Å². The van der Waals surface area contributed by atoms with Crippen molar-refractivity contribution in [1.29, 1.82) is 0 Å². The molecule has 166 valence electrons. The van der Waals surface area contributed by atoms with Crippen LogP contribution in [0, 0.1) is 0 Å². The molecule has 6 nitrogen and oxygen atoms in total. The first kappa shape index (κ1) is 23.5. The first-order chi connectivity index (χ1) is 14.8. The zero-order valence-electron chi connectivity index (χ0n) is 17.7. The molecule has 0 saturated carbocycles. The van der Waals surface area contributed by atoms with Gasteiger partial charge >= 0.3 is 0 Å². The molecule has 1 fully saturated rings. The number of nitrogens with zero attached hydrogens (tertiary/aromatic N) is 3. The Balaban J connectivity index is 1.50. The SMILES string of the molecule is CS(=O)(=O)N(CC(=O)N1CCN(C/C=C/c2ccccc2)CC1)Cc1ccc(Cl)cc1. The van der Waals surface area contributed by atoms with Gasteiger partial charge in [-0.05, 0) is 23.3 Å². The number of carbonyl (C=O) groups excluding carboxylic acids is 1. The Morgan fingerprint density at radius 2 is 1.68 bits per heavy atom. The standard InChI is InChI=1S/C23H28ClN3O3S/c1-31(29,30)27(18-21-9-11-22(24)12-10-21)19-23(28)26-16-14-25(15-17-26)13-5-8-20-6-3-2-4-7-20/h2-12H,13-19H2,1H3/b8-5+. The van der Waals surface area contributed by atoms with Gasteiger partial charge in [-0.3, -0.25) is 9.69 Å². The summed E-state index contributed by atoms with van der Waals surface area (Å²) in [4.78, 5) is 16.8. The highest BCUT2D eigenvalue weighted by molar-refractivity contribution is 7.88. The predicted molar refractivity (Wildman–Crippen MR) is 125 cm³/mol. The van der Waals surface area contributed by atoms with Crippen LogP contribution >= 0.6 is 11.6 Å². The Morgan fingerprint density at radius 1 is 1.03 bits per heavy atom. The molecule has 1 amide bonds. The second-order valence-corrected chi connectivity index (χ2v) is 10.1. The highest BCUT2D eigenvalue weighted by Gasteiger charge is 2.26. The lowest BCUT2D eigenvalue weighted by molar-refractivity contribution is -0.133. The molecule has 3 rings (SSSR count). The average molecular weight is 462 g/mol. The second-order valence-electron chi connectivity index (χ2n) is 7.65. The molecule has 1 aliphatic heterocycles. The summed E-state index contributed by atoms with van der Waals surface area (Å²) in [6, 6.07) is 17.1. The van der Waals surface area contributed by atoms with Crippen LogP contribution in [0.3, 0.4) is 0 Å². The molecule has 0 spiro atoms. The van der Waals surface area contributed by atoms with Crippen molar-refractivity contribution in [2.75, 3.05) is 45.5 Å². The molecule has 0 bridgehead atoms. The van der Waals surface area contributed by atoms with E-state index in [0.717, 1.165) is 37.0 Å². The summed E-state index contributed by atoms with van der Waals surface area (Å²) in [6.45, 7) is 3.53. The van der Waals surface area contributed by atoms with Crippen LogP contribution in [0.2, 0.25) is 5.02 Å². The van der Waals surface area contributed by atoms with Gasteiger partial charge in [-0.25, -0.2) is 8.42 Å². The summed E-state index contributed by atoms with van der Waals surface area (Å²) in [7, 11) is -3.52. The molecule has 1 saturated heterocycles. The largest absolute Gasteiger partial charge is 0.339 e. The molecule has 8 heteroatoms. The van der Waals surface area contributed by atoms with Crippen molar-refractivity contribution in [2.24, 2.45) is 0 Å². The third kappa shape index (κ3) is 7.47. The van der Waals surface area contributed by atoms with Crippen LogP contribution < -0.4 is 0 Å². The summed E-state index contributed by atoms with van der Waals surface area (Å²) in [5.41, 5.74) is 1.95. The molecule has 2 aromatic carbocycles. The minimum atomic E-state index is -3.52. The van der Waals surface area contributed by atoms with Crippen molar-refractivity contribution in [2.45, 2.75) is 6.54 Å². The molecular weight excluding hydrogens is 434 g/mol. The summed E-state index contributed by atoms with van der Waals surface area (Å²) in [5, 5.41) is 0.585. The number of piperazine rings is 1. The molecule has 0 N–H and O–H groups in total. The molecule has 1 aliphatic rings. The normalized spacial score (nSPS) is 15.6. The van der Waals surface area contributed by atoms with E-state index in [-0.39, 0.29) is 19.0 Å². The van der Waals surface area contributed by atoms with Gasteiger partial charge in [0.15, 0.2) is 0 Å². The van der Waals surface area contributed by atoms with Gasteiger partial charge in [-0.1, -0.05) is 66.2 Å². The average Bonchev–Trinajstić information content (AvgIpc) is 2.75. The van der Waals surface area contributed by atoms with Crippen molar-refractivity contribution in [3.05, 3.63) is 76.8 Å². The third-order valence-corrected chi connectivity index (χ3v) is 6.70. The fourth-order valence-electron chi connectivity index (χ4n) is 3.42. The summed E-state index contributed by atoms with van der Waals surface area (Å²) >= 11 is 5.90. The second kappa shape index (κ2) is 10.9. The molecule has 0 atom stereocenters. The number of benzene rings is 2. The van der Waals surface area contributed by atoms with Crippen LogP contribution in [0.15, 0.2) is 60.7 Å². The van der Waals surface area contributed by atoms with Crippen LogP contribution in [0.5, 0.6) is 0 Å². The molecule has 31 heavy (non-hydrogen) atoms. The van der Waals surface area contributed by atoms with Gasteiger partial charge in [0.2, 0.25) is 15.9 Å². The number of rotatable bonds is 8. The first-order valence-corrected chi connectivity index (χ1v) is 12.5. The molecular formula is C23H28ClN3O3S. The Hall–Kier alpha value is -2.19. The predicted octanol–water partition coefficient (Wildman–Crippen LogP) is 2.96. The molecule has 1 heterocycles. The smallest absolute Gasteiger partial charge is 0.237 e. The van der Waals surface area contributed by atoms with E-state index in [9.17, 15) is 13.2 Å². The maximum atomic E-state index is 12.8. The van der Waals surface area contributed by atoms with E-state index in [1.54, 1.807) is 29.2 Å². The monoisotopic (exact) mass is 461 g/mol. The lowest BCUT2D eigenvalue weighted by Crippen LogP contribution is -2.51. The molecule has 0 aromatic heterocycles. The van der Waals surface area contributed by atoms with Crippen molar-refractivity contribution in [3.8, 4) is 0 Å². The van der Waals surface area contributed by atoms with Crippen LogP contribution in [-0.2, 0) is 21.4 Å².